The topological polar surface area (TPSA) is 76.7 Å². The summed E-state index contributed by atoms with van der Waals surface area (Å²) in [5, 5.41) is 4.44. The molecule has 0 unspecified atom stereocenters. The lowest BCUT2D eigenvalue weighted by atomic mass is 10.0. The molecule has 0 radical (unpaired) electrons. The largest absolute Gasteiger partial charge is 0.471 e. The molecule has 2 N–H and O–H groups in total. The molecule has 0 heterocycles. The Morgan fingerprint density at radius 2 is 1.55 bits per heavy atom. The number of carbonyl (C=O) groups is 2. The van der Waals surface area contributed by atoms with E-state index in [-0.39, 0.29) is 11.5 Å². The second kappa shape index (κ2) is 10.9. The van der Waals surface area contributed by atoms with Crippen molar-refractivity contribution in [2.24, 2.45) is 0 Å². The molecule has 2 atom stereocenters. The predicted octanol–water partition coefficient (Wildman–Crippen LogP) is 5.19. The van der Waals surface area contributed by atoms with Gasteiger partial charge in [0.05, 0.1) is 12.1 Å². The SMILES string of the molecule is CC(C)(C)OC(=O)N[C@@H](Cc1ccccc1)[C@@H](CNC(=O)C(F)(F)F)O[Si](C)(C)C(C)(C)C. The van der Waals surface area contributed by atoms with Crippen molar-refractivity contribution < 1.29 is 31.9 Å². The van der Waals surface area contributed by atoms with E-state index in [4.69, 9.17) is 9.16 Å². The van der Waals surface area contributed by atoms with Crippen LogP contribution in [0.4, 0.5) is 18.0 Å². The Morgan fingerprint density at radius 3 is 2.00 bits per heavy atom. The Balaban J connectivity index is 3.28. The van der Waals surface area contributed by atoms with E-state index in [9.17, 15) is 22.8 Å². The number of amides is 2. The van der Waals surface area contributed by atoms with Crippen molar-refractivity contribution in [3.05, 3.63) is 35.9 Å². The maximum atomic E-state index is 12.8. The predicted molar refractivity (Wildman–Crippen MR) is 124 cm³/mol. The average Bonchev–Trinajstić information content (AvgIpc) is 2.61. The highest BCUT2D eigenvalue weighted by Gasteiger charge is 2.43. The third-order valence-corrected chi connectivity index (χ3v) is 9.93. The zero-order chi connectivity index (χ0) is 25.7. The number of ether oxygens (including phenoxy) is 1. The standard InChI is InChI=1S/C23H37F3N2O4Si/c1-21(2,3)31-20(30)28-17(14-16-12-10-9-11-13-16)18(15-27-19(29)23(24,25)26)32-33(7,8)22(4,5)6/h9-13,17-18H,14-15H2,1-8H3,(H,27,29)(H,28,30)/t17-,18+/m0/s1. The summed E-state index contributed by atoms with van der Waals surface area (Å²) in [6.07, 6.45) is -6.37. The molecule has 1 aromatic rings. The molecule has 0 aliphatic rings. The van der Waals surface area contributed by atoms with Crippen molar-refractivity contribution in [2.45, 2.75) is 90.0 Å². The Morgan fingerprint density at radius 1 is 1.00 bits per heavy atom. The Bertz CT molecular complexity index is 788. The fourth-order valence-corrected chi connectivity index (χ4v) is 4.08. The Hall–Kier alpha value is -2.07. The van der Waals surface area contributed by atoms with E-state index in [1.54, 1.807) is 20.8 Å². The van der Waals surface area contributed by atoms with Crippen LogP contribution in [0.2, 0.25) is 18.1 Å². The van der Waals surface area contributed by atoms with Gasteiger partial charge in [-0.25, -0.2) is 4.79 Å². The fraction of sp³-hybridized carbons (Fsp3) is 0.652. The van der Waals surface area contributed by atoms with Gasteiger partial charge in [0.1, 0.15) is 5.60 Å². The number of nitrogens with one attached hydrogen (secondary N) is 2. The highest BCUT2D eigenvalue weighted by Crippen LogP contribution is 2.37. The van der Waals surface area contributed by atoms with Crippen molar-refractivity contribution in [3.8, 4) is 0 Å². The first kappa shape index (κ1) is 29.0. The third kappa shape index (κ3) is 10.2. The summed E-state index contributed by atoms with van der Waals surface area (Å²) >= 11 is 0. The van der Waals surface area contributed by atoms with E-state index in [1.807, 2.05) is 69.5 Å². The van der Waals surface area contributed by atoms with Gasteiger partial charge in [0.15, 0.2) is 8.32 Å². The minimum Gasteiger partial charge on any atom is -0.444 e. The monoisotopic (exact) mass is 490 g/mol. The molecule has 0 aromatic heterocycles. The van der Waals surface area contributed by atoms with Gasteiger partial charge in [-0.05, 0) is 50.9 Å². The number of hydrogen-bond donors (Lipinski definition) is 2. The summed E-state index contributed by atoms with van der Waals surface area (Å²) in [6.45, 7) is 14.6. The fourth-order valence-electron chi connectivity index (χ4n) is 2.72. The first-order valence-electron chi connectivity index (χ1n) is 10.9. The molecule has 2 amide bonds. The lowest BCUT2D eigenvalue weighted by molar-refractivity contribution is -0.174. The van der Waals surface area contributed by atoms with E-state index in [1.165, 1.54) is 0 Å². The first-order valence-corrected chi connectivity index (χ1v) is 13.8. The first-order chi connectivity index (χ1) is 14.8. The number of carbonyl (C=O) groups excluding carboxylic acids is 2. The normalized spacial score (nSPS) is 14.9. The number of benzene rings is 1. The second-order valence-electron chi connectivity index (χ2n) is 10.6. The summed E-state index contributed by atoms with van der Waals surface area (Å²) in [7, 11) is -2.49. The quantitative estimate of drug-likeness (QED) is 0.492. The van der Waals surface area contributed by atoms with Crippen LogP contribution in [-0.4, -0.2) is 50.8 Å². The van der Waals surface area contributed by atoms with Crippen LogP contribution in [-0.2, 0) is 20.4 Å². The lowest BCUT2D eigenvalue weighted by Gasteiger charge is -2.41. The van der Waals surface area contributed by atoms with E-state index in [0.717, 1.165) is 5.56 Å². The van der Waals surface area contributed by atoms with E-state index in [2.05, 4.69) is 5.32 Å². The van der Waals surface area contributed by atoms with Gasteiger partial charge in [-0.2, -0.15) is 13.2 Å². The number of rotatable bonds is 8. The summed E-state index contributed by atoms with van der Waals surface area (Å²) < 4.78 is 50.3. The van der Waals surface area contributed by atoms with E-state index < -0.39 is 50.8 Å². The lowest BCUT2D eigenvalue weighted by Crippen LogP contribution is -2.57. The number of alkyl halides is 3. The third-order valence-electron chi connectivity index (χ3n) is 5.42. The van der Waals surface area contributed by atoms with Gasteiger partial charge in [0.25, 0.3) is 0 Å². The highest BCUT2D eigenvalue weighted by atomic mass is 28.4. The molecule has 1 rings (SSSR count). The summed E-state index contributed by atoms with van der Waals surface area (Å²) in [4.78, 5) is 24.1. The van der Waals surface area contributed by atoms with Crippen LogP contribution in [0.25, 0.3) is 0 Å². The highest BCUT2D eigenvalue weighted by molar-refractivity contribution is 6.74. The van der Waals surface area contributed by atoms with Crippen LogP contribution < -0.4 is 10.6 Å². The molecule has 0 saturated heterocycles. The Kier molecular flexibility index (Phi) is 9.57. The summed E-state index contributed by atoms with van der Waals surface area (Å²) in [6, 6.07) is 8.45. The van der Waals surface area contributed by atoms with Gasteiger partial charge >= 0.3 is 18.2 Å². The van der Waals surface area contributed by atoms with E-state index >= 15 is 0 Å². The van der Waals surface area contributed by atoms with Gasteiger partial charge in [-0.1, -0.05) is 51.1 Å². The number of halogens is 3. The molecular weight excluding hydrogens is 453 g/mol. The van der Waals surface area contributed by atoms with Crippen LogP contribution in [0.15, 0.2) is 30.3 Å². The van der Waals surface area contributed by atoms with Crippen molar-refractivity contribution in [3.63, 3.8) is 0 Å². The molecule has 0 saturated carbocycles. The molecule has 0 fully saturated rings. The van der Waals surface area contributed by atoms with Gasteiger partial charge in [0, 0.05) is 6.54 Å². The van der Waals surface area contributed by atoms with Crippen LogP contribution in [0.3, 0.4) is 0 Å². The van der Waals surface area contributed by atoms with Gasteiger partial charge in [-0.15, -0.1) is 0 Å². The van der Waals surface area contributed by atoms with Gasteiger partial charge in [0.2, 0.25) is 0 Å². The van der Waals surface area contributed by atoms with Crippen LogP contribution in [0.1, 0.15) is 47.1 Å². The molecule has 6 nitrogen and oxygen atoms in total. The summed E-state index contributed by atoms with van der Waals surface area (Å²) in [5.74, 6) is -2.05. The van der Waals surface area contributed by atoms with Crippen LogP contribution in [0.5, 0.6) is 0 Å². The molecule has 33 heavy (non-hydrogen) atoms. The molecule has 188 valence electrons. The van der Waals surface area contributed by atoms with Crippen molar-refractivity contribution >= 4 is 20.3 Å². The number of alkyl carbamates (subject to hydrolysis) is 1. The Labute approximate surface area is 195 Å². The molecule has 0 spiro atoms. The van der Waals surface area contributed by atoms with Crippen molar-refractivity contribution in [1.82, 2.24) is 10.6 Å². The average molecular weight is 491 g/mol. The smallest absolute Gasteiger partial charge is 0.444 e. The number of hydrogen-bond acceptors (Lipinski definition) is 4. The minimum atomic E-state index is -5.02. The second-order valence-corrected chi connectivity index (χ2v) is 15.3. The minimum absolute atomic E-state index is 0.248. The molecular formula is C23H37F3N2O4Si. The summed E-state index contributed by atoms with van der Waals surface area (Å²) in [5.41, 5.74) is 0.0892. The molecule has 0 aliphatic carbocycles. The molecule has 10 heteroatoms. The maximum absolute atomic E-state index is 12.8. The van der Waals surface area contributed by atoms with Crippen LogP contribution >= 0.6 is 0 Å². The van der Waals surface area contributed by atoms with Gasteiger partial charge in [-0.3, -0.25) is 4.79 Å². The zero-order valence-electron chi connectivity index (χ0n) is 20.7. The van der Waals surface area contributed by atoms with E-state index in [0.29, 0.717) is 0 Å². The van der Waals surface area contributed by atoms with Crippen molar-refractivity contribution in [1.29, 1.82) is 0 Å². The molecule has 1 aromatic carbocycles. The van der Waals surface area contributed by atoms with Crippen LogP contribution in [0, 0.1) is 0 Å². The maximum Gasteiger partial charge on any atom is 0.471 e. The molecule has 0 aliphatic heterocycles. The van der Waals surface area contributed by atoms with Crippen molar-refractivity contribution in [2.75, 3.05) is 6.54 Å². The molecule has 0 bridgehead atoms. The van der Waals surface area contributed by atoms with Gasteiger partial charge < -0.3 is 19.8 Å². The zero-order valence-corrected chi connectivity index (χ0v) is 21.7.